The molecule has 33 heavy (non-hydrogen) atoms. The average molecular weight is 466 g/mol. The number of carbonyl (C=O) groups excluding carboxylic acids is 4. The molecule has 0 unspecified atom stereocenters. The first-order valence-corrected chi connectivity index (χ1v) is 10.9. The fraction of sp³-hybridized carbons (Fsp3) is 0.217. The molecule has 2 amide bonds. The monoisotopic (exact) mass is 466 g/mol. The van der Waals surface area contributed by atoms with Crippen molar-refractivity contribution in [3.05, 3.63) is 64.2 Å². The lowest BCUT2D eigenvalue weighted by Crippen LogP contribution is -2.39. The molecule has 0 spiro atoms. The number of rotatable bonds is 3. The Morgan fingerprint density at radius 1 is 1.09 bits per heavy atom. The number of anilines is 1. The van der Waals surface area contributed by atoms with Crippen molar-refractivity contribution in [3.8, 4) is 11.5 Å². The van der Waals surface area contributed by atoms with Gasteiger partial charge in [-0.3, -0.25) is 9.59 Å². The summed E-state index contributed by atoms with van der Waals surface area (Å²) in [5, 5.41) is -0.698. The lowest BCUT2D eigenvalue weighted by atomic mass is 9.77. The molecule has 0 aromatic heterocycles. The number of fused-ring (bicyclic) bond motifs is 5. The number of hydrogen-bond donors (Lipinski definition) is 1. The summed E-state index contributed by atoms with van der Waals surface area (Å²) in [6, 6.07) is 11.2. The van der Waals surface area contributed by atoms with Crippen LogP contribution in [-0.2, 0) is 19.1 Å². The summed E-state index contributed by atoms with van der Waals surface area (Å²) >= 11 is 0.972. The van der Waals surface area contributed by atoms with E-state index in [0.29, 0.717) is 11.3 Å². The number of benzene rings is 2. The van der Waals surface area contributed by atoms with Gasteiger partial charge in [-0.2, -0.15) is 0 Å². The van der Waals surface area contributed by atoms with E-state index in [9.17, 15) is 19.2 Å². The van der Waals surface area contributed by atoms with Crippen molar-refractivity contribution in [2.45, 2.75) is 11.2 Å². The van der Waals surface area contributed by atoms with Crippen LogP contribution < -0.4 is 20.1 Å². The van der Waals surface area contributed by atoms with Crippen molar-refractivity contribution in [1.29, 1.82) is 0 Å². The lowest BCUT2D eigenvalue weighted by Gasteiger charge is -2.36. The highest BCUT2D eigenvalue weighted by Crippen LogP contribution is 2.55. The standard InChI is InChI=1S/C23H18N2O7S/c1-30-14-8-7-10(22(28)31-2)9-12(14)25-20(26)16-15-11-5-3-4-6-13(11)32-23(29)17(15)19(24)33-18(16)21(25)27/h3-9,15-16,18H,24H2,1-2H3/t15-,16-,18+/m1/s1. The number of esters is 2. The summed E-state index contributed by atoms with van der Waals surface area (Å²) < 4.78 is 15.5. The van der Waals surface area contributed by atoms with Crippen molar-refractivity contribution in [1.82, 2.24) is 0 Å². The molecule has 3 aliphatic rings. The lowest BCUT2D eigenvalue weighted by molar-refractivity contribution is -0.131. The van der Waals surface area contributed by atoms with Crippen LogP contribution in [0.1, 0.15) is 21.8 Å². The summed E-state index contributed by atoms with van der Waals surface area (Å²) in [6.45, 7) is 0. The van der Waals surface area contributed by atoms with Crippen molar-refractivity contribution in [2.24, 2.45) is 11.7 Å². The molecule has 10 heteroatoms. The number of thioether (sulfide) groups is 1. The highest BCUT2D eigenvalue weighted by atomic mass is 32.2. The molecule has 3 aliphatic heterocycles. The van der Waals surface area contributed by atoms with Crippen LogP contribution >= 0.6 is 11.8 Å². The molecular weight excluding hydrogens is 448 g/mol. The van der Waals surface area contributed by atoms with Gasteiger partial charge < -0.3 is 19.9 Å². The van der Waals surface area contributed by atoms with E-state index < -0.39 is 40.8 Å². The second-order valence-corrected chi connectivity index (χ2v) is 8.82. The maximum Gasteiger partial charge on any atom is 0.342 e. The molecule has 1 fully saturated rings. The van der Waals surface area contributed by atoms with Gasteiger partial charge in [0.2, 0.25) is 11.8 Å². The number of ether oxygens (including phenoxy) is 3. The first kappa shape index (κ1) is 21.1. The minimum absolute atomic E-state index is 0.122. The van der Waals surface area contributed by atoms with Gasteiger partial charge in [0.05, 0.1) is 42.0 Å². The zero-order chi connectivity index (χ0) is 23.4. The molecule has 2 aromatic carbocycles. The molecule has 9 nitrogen and oxygen atoms in total. The number of imide groups is 1. The fourth-order valence-electron chi connectivity index (χ4n) is 4.55. The van der Waals surface area contributed by atoms with Crippen LogP contribution in [0.3, 0.4) is 0 Å². The van der Waals surface area contributed by atoms with Crippen LogP contribution in [0, 0.1) is 5.92 Å². The Labute approximate surface area is 192 Å². The van der Waals surface area contributed by atoms with Gasteiger partial charge >= 0.3 is 11.9 Å². The maximum absolute atomic E-state index is 13.8. The largest absolute Gasteiger partial charge is 0.495 e. The van der Waals surface area contributed by atoms with Gasteiger partial charge in [-0.1, -0.05) is 30.0 Å². The molecule has 5 rings (SSSR count). The second-order valence-electron chi connectivity index (χ2n) is 7.64. The van der Waals surface area contributed by atoms with Crippen LogP contribution in [0.5, 0.6) is 11.5 Å². The maximum atomic E-state index is 13.8. The minimum atomic E-state index is -0.884. The summed E-state index contributed by atoms with van der Waals surface area (Å²) in [4.78, 5) is 53.1. The molecule has 0 bridgehead atoms. The van der Waals surface area contributed by atoms with E-state index in [1.54, 1.807) is 24.3 Å². The van der Waals surface area contributed by atoms with Crippen LogP contribution in [-0.4, -0.2) is 43.2 Å². The third-order valence-corrected chi connectivity index (χ3v) is 7.23. The smallest absolute Gasteiger partial charge is 0.342 e. The predicted molar refractivity (Wildman–Crippen MR) is 118 cm³/mol. The highest BCUT2D eigenvalue weighted by Gasteiger charge is 2.59. The van der Waals surface area contributed by atoms with E-state index in [0.717, 1.165) is 16.7 Å². The van der Waals surface area contributed by atoms with E-state index in [2.05, 4.69) is 0 Å². The van der Waals surface area contributed by atoms with Gasteiger partial charge in [-0.05, 0) is 24.3 Å². The van der Waals surface area contributed by atoms with Gasteiger partial charge in [0.15, 0.2) is 0 Å². The molecule has 2 aromatic rings. The normalized spacial score (nSPS) is 23.5. The Kier molecular flexibility index (Phi) is 4.89. The van der Waals surface area contributed by atoms with Gasteiger partial charge in [0, 0.05) is 11.5 Å². The van der Waals surface area contributed by atoms with Crippen LogP contribution in [0.25, 0.3) is 0 Å². The Bertz CT molecular complexity index is 1270. The molecule has 2 N–H and O–H groups in total. The quantitative estimate of drug-likeness (QED) is 0.410. The number of carbonyl (C=O) groups is 4. The molecule has 3 heterocycles. The number of nitrogens with two attached hydrogens (primary N) is 1. The zero-order valence-corrected chi connectivity index (χ0v) is 18.4. The number of nitrogens with zero attached hydrogens (tertiary/aromatic N) is 1. The van der Waals surface area contributed by atoms with Crippen molar-refractivity contribution >= 4 is 41.2 Å². The summed E-state index contributed by atoms with van der Waals surface area (Å²) in [5.41, 5.74) is 7.27. The fourth-order valence-corrected chi connectivity index (χ4v) is 5.79. The number of methoxy groups -OCH3 is 2. The number of para-hydroxylation sites is 1. The van der Waals surface area contributed by atoms with Crippen LogP contribution in [0.15, 0.2) is 53.1 Å². The molecule has 1 saturated heterocycles. The Balaban J connectivity index is 1.65. The van der Waals surface area contributed by atoms with E-state index in [1.165, 1.54) is 32.4 Å². The average Bonchev–Trinajstić information content (AvgIpc) is 3.07. The molecule has 0 aliphatic carbocycles. The molecule has 0 saturated carbocycles. The van der Waals surface area contributed by atoms with Gasteiger partial charge in [0.25, 0.3) is 0 Å². The summed E-state index contributed by atoms with van der Waals surface area (Å²) in [5.74, 6) is -3.33. The van der Waals surface area contributed by atoms with Gasteiger partial charge in [0.1, 0.15) is 16.7 Å². The van der Waals surface area contributed by atoms with Crippen molar-refractivity contribution in [3.63, 3.8) is 0 Å². The van der Waals surface area contributed by atoms with Crippen molar-refractivity contribution in [2.75, 3.05) is 19.1 Å². The van der Waals surface area contributed by atoms with Gasteiger partial charge in [-0.15, -0.1) is 0 Å². The summed E-state index contributed by atoms with van der Waals surface area (Å²) in [7, 11) is 2.63. The predicted octanol–water partition coefficient (Wildman–Crippen LogP) is 1.96. The molecule has 0 radical (unpaired) electrons. The third kappa shape index (κ3) is 3.01. The first-order valence-electron chi connectivity index (χ1n) is 9.99. The van der Waals surface area contributed by atoms with E-state index in [4.69, 9.17) is 19.9 Å². The Morgan fingerprint density at radius 3 is 2.58 bits per heavy atom. The topological polar surface area (TPSA) is 125 Å². The zero-order valence-electron chi connectivity index (χ0n) is 17.6. The SMILES string of the molecule is COC(=O)c1ccc(OC)c(N2C(=O)[C@H]3[C@H](SC(N)=C4C(=O)Oc5ccccc5[C@@H]43)C2=O)c1. The van der Waals surface area contributed by atoms with Crippen molar-refractivity contribution < 1.29 is 33.4 Å². The molecule has 168 valence electrons. The van der Waals surface area contributed by atoms with E-state index in [1.807, 2.05) is 0 Å². The first-order chi connectivity index (χ1) is 15.9. The minimum Gasteiger partial charge on any atom is -0.495 e. The number of hydrogen-bond acceptors (Lipinski definition) is 9. The van der Waals surface area contributed by atoms with Crippen LogP contribution in [0.2, 0.25) is 0 Å². The Hall–Kier alpha value is -3.79. The Morgan fingerprint density at radius 2 is 1.85 bits per heavy atom. The number of amides is 2. The van der Waals surface area contributed by atoms with E-state index >= 15 is 0 Å². The second kappa shape index (κ2) is 7.66. The van der Waals surface area contributed by atoms with Crippen LogP contribution in [0.4, 0.5) is 5.69 Å². The molecule has 3 atom stereocenters. The third-order valence-electron chi connectivity index (χ3n) is 6.00. The highest BCUT2D eigenvalue weighted by molar-refractivity contribution is 8.04. The van der Waals surface area contributed by atoms with Gasteiger partial charge in [-0.25, -0.2) is 14.5 Å². The summed E-state index contributed by atoms with van der Waals surface area (Å²) in [6.07, 6.45) is 0. The van der Waals surface area contributed by atoms with E-state index in [-0.39, 0.29) is 27.6 Å². The molecular formula is C23H18N2O7S.